The third kappa shape index (κ3) is 2.58. The monoisotopic (exact) mass is 268 g/mol. The quantitative estimate of drug-likeness (QED) is 0.869. The molecule has 0 radical (unpaired) electrons. The summed E-state index contributed by atoms with van der Waals surface area (Å²) in [7, 11) is 3.76. The van der Waals surface area contributed by atoms with Crippen LogP contribution >= 0.6 is 11.3 Å². The summed E-state index contributed by atoms with van der Waals surface area (Å²) < 4.78 is 0. The van der Waals surface area contributed by atoms with E-state index < -0.39 is 0 Å². The number of hydrogen-bond acceptors (Lipinski definition) is 5. The van der Waals surface area contributed by atoms with Gasteiger partial charge in [0.2, 0.25) is 0 Å². The predicted octanol–water partition coefficient (Wildman–Crippen LogP) is 1.57. The largest absolute Gasteiger partial charge is 0.382 e. The summed E-state index contributed by atoms with van der Waals surface area (Å²) in [6.07, 6.45) is 1.18. The zero-order chi connectivity index (χ0) is 13.5. The van der Waals surface area contributed by atoms with Crippen molar-refractivity contribution in [3.8, 4) is 0 Å². The number of rotatable bonds is 4. The van der Waals surface area contributed by atoms with E-state index in [1.54, 1.807) is 0 Å². The lowest BCUT2D eigenvalue weighted by atomic mass is 10.1. The van der Waals surface area contributed by atoms with Gasteiger partial charge in [-0.05, 0) is 17.8 Å². The molecular formula is C12H20N4OS. The van der Waals surface area contributed by atoms with Gasteiger partial charge in [-0.2, -0.15) is 0 Å². The van der Waals surface area contributed by atoms with E-state index in [0.717, 1.165) is 11.7 Å². The van der Waals surface area contributed by atoms with E-state index >= 15 is 0 Å². The smallest absolute Gasteiger partial charge is 0.265 e. The number of anilines is 2. The van der Waals surface area contributed by atoms with Crippen LogP contribution in [0.15, 0.2) is 0 Å². The van der Waals surface area contributed by atoms with Crippen molar-refractivity contribution < 1.29 is 4.79 Å². The topological polar surface area (TPSA) is 71.2 Å². The molecule has 2 rings (SSSR count). The van der Waals surface area contributed by atoms with Gasteiger partial charge in [0.05, 0.1) is 0 Å². The molecule has 18 heavy (non-hydrogen) atoms. The van der Waals surface area contributed by atoms with Crippen LogP contribution in [0.25, 0.3) is 0 Å². The van der Waals surface area contributed by atoms with Crippen molar-refractivity contribution >= 4 is 28.2 Å². The second-order valence-corrected chi connectivity index (χ2v) is 6.68. The minimum Gasteiger partial charge on any atom is -0.382 e. The Bertz CT molecular complexity index is 467. The van der Waals surface area contributed by atoms with Gasteiger partial charge in [0.15, 0.2) is 5.13 Å². The lowest BCUT2D eigenvalue weighted by Crippen LogP contribution is -2.26. The van der Waals surface area contributed by atoms with Crippen molar-refractivity contribution in [3.63, 3.8) is 0 Å². The molecule has 1 aromatic rings. The summed E-state index contributed by atoms with van der Waals surface area (Å²) >= 11 is 1.33. The molecule has 1 unspecified atom stereocenters. The Morgan fingerprint density at radius 2 is 2.22 bits per heavy atom. The molecule has 1 aliphatic rings. The number of nitrogens with zero attached hydrogens (tertiary/aromatic N) is 2. The summed E-state index contributed by atoms with van der Waals surface area (Å²) in [5.74, 6) is 0.793. The van der Waals surface area contributed by atoms with Crippen LogP contribution in [0.2, 0.25) is 0 Å². The van der Waals surface area contributed by atoms with E-state index in [0.29, 0.717) is 22.0 Å². The zero-order valence-corrected chi connectivity index (χ0v) is 12.1. The molecule has 0 bridgehead atoms. The number of amides is 1. The number of aromatic nitrogens is 1. The van der Waals surface area contributed by atoms with E-state index in [4.69, 9.17) is 5.73 Å². The number of nitrogens with one attached hydrogen (secondary N) is 1. The average Bonchev–Trinajstić information content (AvgIpc) is 2.70. The van der Waals surface area contributed by atoms with Gasteiger partial charge in [-0.3, -0.25) is 4.79 Å². The van der Waals surface area contributed by atoms with E-state index in [9.17, 15) is 4.79 Å². The highest BCUT2D eigenvalue weighted by molar-refractivity contribution is 7.18. The van der Waals surface area contributed by atoms with Crippen molar-refractivity contribution in [1.82, 2.24) is 10.3 Å². The highest BCUT2D eigenvalue weighted by Gasteiger charge is 2.45. The first-order valence-electron chi connectivity index (χ1n) is 6.03. The van der Waals surface area contributed by atoms with Gasteiger partial charge >= 0.3 is 0 Å². The SMILES string of the molecule is CN(C)c1nc(N)c(C(=O)NCC2CC2(C)C)s1. The number of nitrogens with two attached hydrogens (primary N) is 1. The van der Waals surface area contributed by atoms with Crippen molar-refractivity contribution in [2.24, 2.45) is 11.3 Å². The molecule has 0 saturated heterocycles. The molecule has 1 amide bonds. The van der Waals surface area contributed by atoms with E-state index in [1.807, 2.05) is 19.0 Å². The Morgan fingerprint density at radius 3 is 2.67 bits per heavy atom. The molecule has 0 spiro atoms. The molecule has 1 saturated carbocycles. The number of thiazole rings is 1. The molecule has 0 aliphatic heterocycles. The minimum absolute atomic E-state index is 0.110. The Balaban J connectivity index is 1.96. The molecule has 1 atom stereocenters. The standard InChI is InChI=1S/C12H20N4OS/c1-12(2)5-7(12)6-14-10(17)8-9(13)15-11(18-8)16(3)4/h7H,5-6,13H2,1-4H3,(H,14,17). The zero-order valence-electron chi connectivity index (χ0n) is 11.3. The Kier molecular flexibility index (Phi) is 3.23. The van der Waals surface area contributed by atoms with Crippen LogP contribution in [0.1, 0.15) is 29.9 Å². The van der Waals surface area contributed by atoms with Crippen LogP contribution in [0.4, 0.5) is 10.9 Å². The second kappa shape index (κ2) is 4.42. The first-order chi connectivity index (χ1) is 8.31. The highest BCUT2D eigenvalue weighted by Crippen LogP contribution is 2.51. The van der Waals surface area contributed by atoms with Crippen molar-refractivity contribution in [2.75, 3.05) is 31.3 Å². The molecule has 1 heterocycles. The van der Waals surface area contributed by atoms with Crippen LogP contribution in [-0.2, 0) is 0 Å². The van der Waals surface area contributed by atoms with Crippen LogP contribution in [0, 0.1) is 11.3 Å². The van der Waals surface area contributed by atoms with Gasteiger partial charge < -0.3 is 16.0 Å². The van der Waals surface area contributed by atoms with E-state index in [-0.39, 0.29) is 5.91 Å². The fourth-order valence-corrected chi connectivity index (χ4v) is 2.72. The fraction of sp³-hybridized carbons (Fsp3) is 0.667. The van der Waals surface area contributed by atoms with Gasteiger partial charge in [0.1, 0.15) is 10.7 Å². The summed E-state index contributed by atoms with van der Waals surface area (Å²) in [6, 6.07) is 0. The van der Waals surface area contributed by atoms with Gasteiger partial charge in [0, 0.05) is 20.6 Å². The molecule has 1 aromatic heterocycles. The second-order valence-electron chi connectivity index (χ2n) is 5.70. The summed E-state index contributed by atoms with van der Waals surface area (Å²) in [5, 5.41) is 3.70. The van der Waals surface area contributed by atoms with Crippen LogP contribution in [0.5, 0.6) is 0 Å². The molecule has 5 nitrogen and oxygen atoms in total. The predicted molar refractivity (Wildman–Crippen MR) is 75.1 cm³/mol. The molecule has 6 heteroatoms. The number of hydrogen-bond donors (Lipinski definition) is 2. The van der Waals surface area contributed by atoms with E-state index in [2.05, 4.69) is 24.1 Å². The van der Waals surface area contributed by atoms with Gasteiger partial charge in [-0.1, -0.05) is 25.2 Å². The van der Waals surface area contributed by atoms with E-state index in [1.165, 1.54) is 17.8 Å². The van der Waals surface area contributed by atoms with Crippen LogP contribution in [0.3, 0.4) is 0 Å². The summed E-state index contributed by atoms with van der Waals surface area (Å²) in [5.41, 5.74) is 6.14. The minimum atomic E-state index is -0.110. The normalized spacial score (nSPS) is 20.6. The van der Waals surface area contributed by atoms with Crippen molar-refractivity contribution in [3.05, 3.63) is 4.88 Å². The first kappa shape index (κ1) is 13.1. The van der Waals surface area contributed by atoms with Crippen LogP contribution < -0.4 is 16.0 Å². The molecular weight excluding hydrogens is 248 g/mol. The number of carbonyl (C=O) groups excluding carboxylic acids is 1. The fourth-order valence-electron chi connectivity index (χ4n) is 1.89. The third-order valence-corrected chi connectivity index (χ3v) is 4.70. The molecule has 3 N–H and O–H groups in total. The maximum Gasteiger partial charge on any atom is 0.265 e. The highest BCUT2D eigenvalue weighted by atomic mass is 32.1. The average molecular weight is 268 g/mol. The number of carbonyl (C=O) groups is 1. The Hall–Kier alpha value is -1.30. The molecule has 0 aromatic carbocycles. The van der Waals surface area contributed by atoms with Crippen molar-refractivity contribution in [2.45, 2.75) is 20.3 Å². The Labute approximate surface area is 111 Å². The lowest BCUT2D eigenvalue weighted by molar-refractivity contribution is 0.0955. The first-order valence-corrected chi connectivity index (χ1v) is 6.85. The number of nitrogen functional groups attached to an aromatic ring is 1. The molecule has 1 fully saturated rings. The van der Waals surface area contributed by atoms with Gasteiger partial charge in [0.25, 0.3) is 5.91 Å². The van der Waals surface area contributed by atoms with Crippen molar-refractivity contribution in [1.29, 1.82) is 0 Å². The third-order valence-electron chi connectivity index (χ3n) is 3.46. The lowest BCUT2D eigenvalue weighted by Gasteiger charge is -2.06. The molecule has 100 valence electrons. The maximum absolute atomic E-state index is 12.0. The molecule has 1 aliphatic carbocycles. The van der Waals surface area contributed by atoms with Crippen LogP contribution in [-0.4, -0.2) is 31.5 Å². The summed E-state index contributed by atoms with van der Waals surface area (Å²) in [6.45, 7) is 5.16. The Morgan fingerprint density at radius 1 is 1.61 bits per heavy atom. The van der Waals surface area contributed by atoms with Gasteiger partial charge in [-0.15, -0.1) is 0 Å². The summed E-state index contributed by atoms with van der Waals surface area (Å²) in [4.78, 5) is 18.5. The maximum atomic E-state index is 12.0. The van der Waals surface area contributed by atoms with Gasteiger partial charge in [-0.25, -0.2) is 4.98 Å².